The Kier molecular flexibility index (Phi) is 5.68. The highest BCUT2D eigenvalue weighted by Gasteiger charge is 2.48. The fourth-order valence-corrected chi connectivity index (χ4v) is 7.62. The van der Waals surface area contributed by atoms with Crippen LogP contribution >= 0.6 is 23.4 Å². The second-order valence-electron chi connectivity index (χ2n) is 7.15. The van der Waals surface area contributed by atoms with Gasteiger partial charge in [-0.3, -0.25) is 4.79 Å². The van der Waals surface area contributed by atoms with E-state index < -0.39 is 9.84 Å². The van der Waals surface area contributed by atoms with Crippen LogP contribution in [0.2, 0.25) is 5.02 Å². The quantitative estimate of drug-likeness (QED) is 0.712. The van der Waals surface area contributed by atoms with E-state index >= 15 is 0 Å². The van der Waals surface area contributed by atoms with Gasteiger partial charge in [0.15, 0.2) is 15.0 Å². The Morgan fingerprint density at radius 1 is 1.10 bits per heavy atom. The van der Waals surface area contributed by atoms with Crippen LogP contribution in [-0.2, 0) is 27.6 Å². The predicted molar refractivity (Wildman–Crippen MR) is 113 cm³/mol. The van der Waals surface area contributed by atoms with Crippen molar-refractivity contribution in [2.45, 2.75) is 24.3 Å². The molecule has 2 aliphatic heterocycles. The molecule has 0 saturated carbocycles. The summed E-state index contributed by atoms with van der Waals surface area (Å²) in [6.07, 6.45) is 0.0623. The molecule has 2 aromatic carbocycles. The number of nitrogens with zero attached hydrogens (tertiary/aromatic N) is 2. The van der Waals surface area contributed by atoms with Gasteiger partial charge in [0.2, 0.25) is 0 Å². The molecule has 2 aromatic rings. The summed E-state index contributed by atoms with van der Waals surface area (Å²) in [7, 11) is -3.10. The van der Waals surface area contributed by atoms with Crippen molar-refractivity contribution >= 4 is 44.3 Å². The van der Waals surface area contributed by atoms with E-state index in [1.807, 2.05) is 17.0 Å². The molecule has 2 aliphatic rings. The second kappa shape index (κ2) is 8.08. The molecule has 0 radical (unpaired) electrons. The summed E-state index contributed by atoms with van der Waals surface area (Å²) in [5.74, 6) is -0.557. The van der Waals surface area contributed by atoms with Crippen LogP contribution in [0.5, 0.6) is 0 Å². The number of sulfone groups is 1. The lowest BCUT2D eigenvalue weighted by atomic mass is 10.1. The van der Waals surface area contributed by atoms with Crippen LogP contribution in [0.15, 0.2) is 53.5 Å². The van der Waals surface area contributed by atoms with Gasteiger partial charge in [0, 0.05) is 16.8 Å². The Balaban J connectivity index is 1.56. The van der Waals surface area contributed by atoms with Crippen molar-refractivity contribution in [2.24, 2.45) is 4.99 Å². The molecule has 0 aromatic heterocycles. The molecule has 152 valence electrons. The fraction of sp³-hybridized carbons (Fsp3) is 0.300. The van der Waals surface area contributed by atoms with Crippen molar-refractivity contribution in [2.75, 3.05) is 11.5 Å². The number of hydrogen-bond acceptors (Lipinski definition) is 4. The Hall–Kier alpha value is -1.90. The van der Waals surface area contributed by atoms with Gasteiger partial charge >= 0.3 is 0 Å². The SMILES string of the molecule is O=C(Cc1ccc(F)cc1)N=C1SC2CS(=O)(=O)CC2N1Cc1ccc(Cl)cc1. The van der Waals surface area contributed by atoms with Crippen LogP contribution in [0, 0.1) is 5.82 Å². The largest absolute Gasteiger partial charge is 0.342 e. The minimum Gasteiger partial charge on any atom is -0.342 e. The van der Waals surface area contributed by atoms with E-state index in [4.69, 9.17) is 11.6 Å². The van der Waals surface area contributed by atoms with Gasteiger partial charge < -0.3 is 4.90 Å². The first-order valence-electron chi connectivity index (χ1n) is 9.03. The highest BCUT2D eigenvalue weighted by atomic mass is 35.5. The van der Waals surface area contributed by atoms with Gasteiger partial charge in [-0.1, -0.05) is 47.6 Å². The maximum absolute atomic E-state index is 13.0. The summed E-state index contributed by atoms with van der Waals surface area (Å²) < 4.78 is 37.2. The van der Waals surface area contributed by atoms with Gasteiger partial charge in [0.05, 0.1) is 24.0 Å². The van der Waals surface area contributed by atoms with Crippen LogP contribution < -0.4 is 0 Å². The van der Waals surface area contributed by atoms with Gasteiger partial charge in [-0.15, -0.1) is 0 Å². The zero-order valence-corrected chi connectivity index (χ0v) is 17.7. The molecule has 4 rings (SSSR count). The zero-order chi connectivity index (χ0) is 20.6. The Morgan fingerprint density at radius 2 is 1.76 bits per heavy atom. The lowest BCUT2D eigenvalue weighted by Crippen LogP contribution is -2.37. The molecule has 2 heterocycles. The summed E-state index contributed by atoms with van der Waals surface area (Å²) in [6.45, 7) is 0.448. The first kappa shape index (κ1) is 20.4. The number of hydrogen-bond donors (Lipinski definition) is 0. The van der Waals surface area contributed by atoms with E-state index in [1.54, 1.807) is 24.3 Å². The minimum absolute atomic E-state index is 0.0590. The number of benzene rings is 2. The Morgan fingerprint density at radius 3 is 2.45 bits per heavy atom. The van der Waals surface area contributed by atoms with Crippen LogP contribution in [-0.4, -0.2) is 47.2 Å². The number of carbonyl (C=O) groups excluding carboxylic acids is 1. The van der Waals surface area contributed by atoms with Crippen molar-refractivity contribution < 1.29 is 17.6 Å². The maximum atomic E-state index is 13.0. The van der Waals surface area contributed by atoms with Crippen LogP contribution in [0.4, 0.5) is 4.39 Å². The molecule has 0 N–H and O–H groups in total. The number of amidine groups is 1. The van der Waals surface area contributed by atoms with E-state index in [-0.39, 0.29) is 40.9 Å². The molecular formula is C20H18ClFN2O3S2. The van der Waals surface area contributed by atoms with E-state index in [0.717, 1.165) is 5.56 Å². The first-order chi connectivity index (χ1) is 13.8. The molecule has 5 nitrogen and oxygen atoms in total. The van der Waals surface area contributed by atoms with Gasteiger partial charge in [-0.25, -0.2) is 12.8 Å². The van der Waals surface area contributed by atoms with Gasteiger partial charge in [-0.05, 0) is 35.4 Å². The van der Waals surface area contributed by atoms with Crippen molar-refractivity contribution in [1.29, 1.82) is 0 Å². The molecule has 2 fully saturated rings. The maximum Gasteiger partial charge on any atom is 0.252 e. The molecular weight excluding hydrogens is 435 g/mol. The standard InChI is InChI=1S/C20H18ClFN2O3S2/c21-15-5-1-14(2-6-15)10-24-17-11-29(26,27)12-18(17)28-20(24)23-19(25)9-13-3-7-16(22)8-4-13/h1-8,17-18H,9-12H2. The summed E-state index contributed by atoms with van der Waals surface area (Å²) in [5, 5.41) is 1.02. The van der Waals surface area contributed by atoms with Gasteiger partial charge in [0.1, 0.15) is 5.82 Å². The summed E-state index contributed by atoms with van der Waals surface area (Å²) in [5.41, 5.74) is 1.63. The van der Waals surface area contributed by atoms with Crippen LogP contribution in [0.3, 0.4) is 0 Å². The van der Waals surface area contributed by atoms with E-state index in [1.165, 1.54) is 23.9 Å². The zero-order valence-electron chi connectivity index (χ0n) is 15.3. The van der Waals surface area contributed by atoms with E-state index in [0.29, 0.717) is 22.3 Å². The number of amides is 1. The Labute approximate surface area is 177 Å². The molecule has 0 spiro atoms. The third-order valence-corrected chi connectivity index (χ3v) is 8.43. The van der Waals surface area contributed by atoms with Crippen molar-refractivity contribution in [3.63, 3.8) is 0 Å². The number of aliphatic imine (C=N–C) groups is 1. The lowest BCUT2D eigenvalue weighted by molar-refractivity contribution is -0.117. The monoisotopic (exact) mass is 452 g/mol. The number of fused-ring (bicyclic) bond motifs is 1. The highest BCUT2D eigenvalue weighted by Crippen LogP contribution is 2.39. The van der Waals surface area contributed by atoms with E-state index in [2.05, 4.69) is 4.99 Å². The molecule has 1 amide bonds. The molecule has 0 bridgehead atoms. The van der Waals surface area contributed by atoms with Crippen LogP contribution in [0.25, 0.3) is 0 Å². The lowest BCUT2D eigenvalue weighted by Gasteiger charge is -2.24. The first-order valence-corrected chi connectivity index (χ1v) is 12.1. The van der Waals surface area contributed by atoms with Crippen LogP contribution in [0.1, 0.15) is 11.1 Å². The smallest absolute Gasteiger partial charge is 0.252 e. The second-order valence-corrected chi connectivity index (χ2v) is 10.9. The topological polar surface area (TPSA) is 66.8 Å². The average Bonchev–Trinajstić information content (AvgIpc) is 3.11. The Bertz CT molecular complexity index is 1060. The summed E-state index contributed by atoms with van der Waals surface area (Å²) in [6, 6.07) is 12.8. The van der Waals surface area contributed by atoms with Crippen molar-refractivity contribution in [3.05, 3.63) is 70.5 Å². The molecule has 2 unspecified atom stereocenters. The van der Waals surface area contributed by atoms with Gasteiger partial charge in [0.25, 0.3) is 5.91 Å². The summed E-state index contributed by atoms with van der Waals surface area (Å²) in [4.78, 5) is 18.7. The van der Waals surface area contributed by atoms with Crippen molar-refractivity contribution in [3.8, 4) is 0 Å². The molecule has 29 heavy (non-hydrogen) atoms. The molecule has 9 heteroatoms. The highest BCUT2D eigenvalue weighted by molar-refractivity contribution is 8.15. The number of thioether (sulfide) groups is 1. The fourth-order valence-electron chi connectivity index (χ4n) is 3.53. The molecule has 0 aliphatic carbocycles. The minimum atomic E-state index is -3.10. The number of rotatable bonds is 4. The number of halogens is 2. The average molecular weight is 453 g/mol. The summed E-state index contributed by atoms with van der Waals surface area (Å²) >= 11 is 7.30. The van der Waals surface area contributed by atoms with Gasteiger partial charge in [-0.2, -0.15) is 4.99 Å². The van der Waals surface area contributed by atoms with Crippen molar-refractivity contribution in [1.82, 2.24) is 4.90 Å². The predicted octanol–water partition coefficient (Wildman–Crippen LogP) is 3.32. The van der Waals surface area contributed by atoms with E-state index in [9.17, 15) is 17.6 Å². The normalized spacial score (nSPS) is 24.1. The number of carbonyl (C=O) groups is 1. The molecule has 2 saturated heterocycles. The molecule has 2 atom stereocenters. The third-order valence-electron chi connectivity index (χ3n) is 4.93. The third kappa shape index (κ3) is 4.82.